The average Bonchev–Trinajstić information content (AvgIpc) is 3.19. The van der Waals surface area contributed by atoms with Gasteiger partial charge in [0.05, 0.1) is 36.5 Å². The molecule has 1 aromatic carbocycles. The lowest BCUT2D eigenvalue weighted by atomic mass is 10.1. The lowest BCUT2D eigenvalue weighted by Gasteiger charge is -2.26. The minimum atomic E-state index is -3.49. The van der Waals surface area contributed by atoms with Crippen molar-refractivity contribution in [3.63, 3.8) is 0 Å². The zero-order chi connectivity index (χ0) is 25.3. The number of alkyl halides is 2. The summed E-state index contributed by atoms with van der Waals surface area (Å²) in [7, 11) is 1.43. The van der Waals surface area contributed by atoms with Crippen molar-refractivity contribution >= 4 is 33.4 Å². The molecule has 2 aromatic heterocycles. The molecule has 0 spiro atoms. The molecule has 0 bridgehead atoms. The topological polar surface area (TPSA) is 103 Å². The minimum Gasteiger partial charge on any atom is -0.383 e. The number of piperazine rings is 1. The maximum absolute atomic E-state index is 15.1. The van der Waals surface area contributed by atoms with E-state index in [-0.39, 0.29) is 51.8 Å². The Morgan fingerprint density at radius 1 is 1.17 bits per heavy atom. The van der Waals surface area contributed by atoms with Crippen LogP contribution in [0.25, 0.3) is 10.2 Å². The Balaban J connectivity index is 1.87. The molecule has 1 N–H and O–H groups in total. The number of benzene rings is 1. The summed E-state index contributed by atoms with van der Waals surface area (Å²) >= 11 is 0.939. The van der Waals surface area contributed by atoms with Gasteiger partial charge in [-0.3, -0.25) is 23.5 Å². The highest BCUT2D eigenvalue weighted by Gasteiger charge is 2.35. The number of methoxy groups -OCH3 is 1. The summed E-state index contributed by atoms with van der Waals surface area (Å²) in [5.74, 6) is -4.24. The average molecular weight is 507 g/mol. The number of ether oxygens (including phenoxy) is 1. The van der Waals surface area contributed by atoms with Crippen LogP contribution in [0.5, 0.6) is 0 Å². The molecule has 3 aromatic rings. The second-order valence-electron chi connectivity index (χ2n) is 8.20. The third kappa shape index (κ3) is 4.63. The highest BCUT2D eigenvalue weighted by molar-refractivity contribution is 7.20. The second kappa shape index (κ2) is 9.70. The van der Waals surface area contributed by atoms with Crippen LogP contribution >= 0.6 is 11.3 Å². The number of fused-ring (bicyclic) bond motifs is 1. The molecule has 9 nitrogen and oxygen atoms in total. The Bertz CT molecular complexity index is 1400. The molecule has 1 aliphatic heterocycles. The summed E-state index contributed by atoms with van der Waals surface area (Å²) in [4.78, 5) is 53.3. The number of amides is 2. The van der Waals surface area contributed by atoms with Gasteiger partial charge in [0.2, 0.25) is 5.91 Å². The summed E-state index contributed by atoms with van der Waals surface area (Å²) in [5.41, 5.74) is -1.84. The van der Waals surface area contributed by atoms with Gasteiger partial charge in [0.15, 0.2) is 0 Å². The largest absolute Gasteiger partial charge is 0.383 e. The van der Waals surface area contributed by atoms with Crippen molar-refractivity contribution in [2.24, 2.45) is 0 Å². The van der Waals surface area contributed by atoms with E-state index in [4.69, 9.17) is 4.74 Å². The Morgan fingerprint density at radius 2 is 1.89 bits per heavy atom. The molecule has 4 rings (SSSR count). The summed E-state index contributed by atoms with van der Waals surface area (Å²) in [5, 5.41) is 2.67. The van der Waals surface area contributed by atoms with E-state index in [1.165, 1.54) is 40.8 Å². The molecule has 1 aliphatic rings. The van der Waals surface area contributed by atoms with Crippen LogP contribution in [0.2, 0.25) is 0 Å². The first-order chi connectivity index (χ1) is 16.7. The molecule has 12 heteroatoms. The first kappa shape index (κ1) is 24.7. The number of aryl methyl sites for hydroxylation is 1. The molecule has 2 amide bonds. The molecule has 0 unspecified atom stereocenters. The predicted molar refractivity (Wildman–Crippen MR) is 126 cm³/mol. The minimum absolute atomic E-state index is 0.00270. The fourth-order valence-electron chi connectivity index (χ4n) is 4.05. The summed E-state index contributed by atoms with van der Waals surface area (Å²) < 4.78 is 36.9. The molecular weight excluding hydrogens is 482 g/mol. The molecule has 1 fully saturated rings. The Morgan fingerprint density at radius 3 is 2.54 bits per heavy atom. The maximum atomic E-state index is 15.1. The zero-order valence-electron chi connectivity index (χ0n) is 19.2. The maximum Gasteiger partial charge on any atom is 0.332 e. The molecular formula is C23H24F2N4O5S. The van der Waals surface area contributed by atoms with Crippen LogP contribution in [-0.2, 0) is 28.5 Å². The molecule has 35 heavy (non-hydrogen) atoms. The third-order valence-electron chi connectivity index (χ3n) is 5.89. The number of hydrogen-bond acceptors (Lipinski definition) is 6. The highest BCUT2D eigenvalue weighted by atomic mass is 32.1. The molecule has 0 atom stereocenters. The van der Waals surface area contributed by atoms with Crippen molar-refractivity contribution < 1.29 is 23.1 Å². The zero-order valence-corrected chi connectivity index (χ0v) is 20.0. The van der Waals surface area contributed by atoms with Crippen molar-refractivity contribution in [2.45, 2.75) is 25.9 Å². The van der Waals surface area contributed by atoms with Crippen LogP contribution in [0.3, 0.4) is 0 Å². The first-order valence-electron chi connectivity index (χ1n) is 10.9. The van der Waals surface area contributed by atoms with Gasteiger partial charge in [-0.2, -0.15) is 8.78 Å². The molecule has 0 aliphatic carbocycles. The fourth-order valence-corrected chi connectivity index (χ4v) is 5.33. The van der Waals surface area contributed by atoms with E-state index in [1.54, 1.807) is 13.0 Å². The number of nitrogens with one attached hydrogen (secondary N) is 1. The van der Waals surface area contributed by atoms with Gasteiger partial charge in [0.25, 0.3) is 17.4 Å². The number of nitrogens with zero attached hydrogens (tertiary/aromatic N) is 3. The van der Waals surface area contributed by atoms with Crippen molar-refractivity contribution in [3.05, 3.63) is 67.2 Å². The number of rotatable bonds is 7. The molecule has 3 heterocycles. The van der Waals surface area contributed by atoms with Gasteiger partial charge in [0, 0.05) is 25.8 Å². The van der Waals surface area contributed by atoms with E-state index in [9.17, 15) is 19.2 Å². The van der Waals surface area contributed by atoms with Gasteiger partial charge in [-0.25, -0.2) is 4.79 Å². The standard InChI is InChI=1S/C23H24F2N4O5S/c1-14-17-19(31)29(13-23(24,25)15-6-4-3-5-7-15)22(33)28(10-11-34-2)21(17)35-18(14)20(32)27-9-8-26-16(30)12-27/h3-7H,8-13H2,1-2H3,(H,26,30). The fraction of sp³-hybridized carbons (Fsp3) is 0.391. The number of halogens is 2. The molecule has 0 radical (unpaired) electrons. The lowest BCUT2D eigenvalue weighted by molar-refractivity contribution is -0.123. The first-order valence-corrected chi connectivity index (χ1v) is 11.7. The number of hydrogen-bond donors (Lipinski definition) is 1. The lowest BCUT2D eigenvalue weighted by Crippen LogP contribution is -2.49. The Labute approximate surface area is 202 Å². The van der Waals surface area contributed by atoms with E-state index in [0.717, 1.165) is 11.3 Å². The van der Waals surface area contributed by atoms with Gasteiger partial charge in [-0.1, -0.05) is 30.3 Å². The predicted octanol–water partition coefficient (Wildman–Crippen LogP) is 1.54. The number of carbonyl (C=O) groups excluding carboxylic acids is 2. The van der Waals surface area contributed by atoms with E-state index >= 15 is 8.78 Å². The number of thiophene rings is 1. The van der Waals surface area contributed by atoms with Crippen LogP contribution in [0.1, 0.15) is 20.8 Å². The Hall–Kier alpha value is -3.38. The summed E-state index contributed by atoms with van der Waals surface area (Å²) in [6.45, 7) is 0.954. The van der Waals surface area contributed by atoms with Crippen molar-refractivity contribution in [1.82, 2.24) is 19.4 Å². The normalized spacial score (nSPS) is 14.4. The number of aromatic nitrogens is 2. The van der Waals surface area contributed by atoms with Gasteiger partial charge in [-0.15, -0.1) is 11.3 Å². The van der Waals surface area contributed by atoms with Crippen LogP contribution < -0.4 is 16.6 Å². The van der Waals surface area contributed by atoms with Crippen LogP contribution in [0, 0.1) is 6.92 Å². The molecule has 0 saturated carbocycles. The Kier molecular flexibility index (Phi) is 6.86. The van der Waals surface area contributed by atoms with Crippen molar-refractivity contribution in [2.75, 3.05) is 33.4 Å². The van der Waals surface area contributed by atoms with Crippen LogP contribution in [0.15, 0.2) is 39.9 Å². The molecule has 1 saturated heterocycles. The third-order valence-corrected chi connectivity index (χ3v) is 7.19. The van der Waals surface area contributed by atoms with E-state index < -0.39 is 29.6 Å². The number of carbonyl (C=O) groups is 2. The molecule has 186 valence electrons. The van der Waals surface area contributed by atoms with Gasteiger partial charge < -0.3 is 15.0 Å². The van der Waals surface area contributed by atoms with Gasteiger partial charge in [-0.05, 0) is 12.5 Å². The van der Waals surface area contributed by atoms with Crippen molar-refractivity contribution in [3.8, 4) is 0 Å². The SMILES string of the molecule is COCCn1c(=O)n(CC(F)(F)c2ccccc2)c(=O)c2c(C)c(C(=O)N3CCNC(=O)C3)sc21. The quantitative estimate of drug-likeness (QED) is 0.524. The van der Waals surface area contributed by atoms with E-state index in [2.05, 4.69) is 5.32 Å². The van der Waals surface area contributed by atoms with E-state index in [0.29, 0.717) is 17.7 Å². The van der Waals surface area contributed by atoms with Gasteiger partial charge >= 0.3 is 5.69 Å². The van der Waals surface area contributed by atoms with E-state index in [1.807, 2.05) is 0 Å². The second-order valence-corrected chi connectivity index (χ2v) is 9.20. The highest BCUT2D eigenvalue weighted by Crippen LogP contribution is 2.31. The summed E-state index contributed by atoms with van der Waals surface area (Å²) in [6.07, 6.45) is 0. The van der Waals surface area contributed by atoms with Crippen LogP contribution in [-0.4, -0.2) is 59.2 Å². The summed E-state index contributed by atoms with van der Waals surface area (Å²) in [6, 6.07) is 6.96. The van der Waals surface area contributed by atoms with Crippen LogP contribution in [0.4, 0.5) is 8.78 Å². The smallest absolute Gasteiger partial charge is 0.332 e. The monoisotopic (exact) mass is 506 g/mol. The van der Waals surface area contributed by atoms with Gasteiger partial charge in [0.1, 0.15) is 4.83 Å². The van der Waals surface area contributed by atoms with Crippen molar-refractivity contribution in [1.29, 1.82) is 0 Å².